The highest BCUT2D eigenvalue weighted by Gasteiger charge is 2.41. The predicted octanol–water partition coefficient (Wildman–Crippen LogP) is 3.65. The lowest BCUT2D eigenvalue weighted by molar-refractivity contribution is -0.139. The summed E-state index contributed by atoms with van der Waals surface area (Å²) >= 11 is 0. The van der Waals surface area contributed by atoms with Gasteiger partial charge in [0.15, 0.2) is 11.5 Å². The summed E-state index contributed by atoms with van der Waals surface area (Å²) in [4.78, 5) is 35.6. The molecule has 3 saturated heterocycles. The minimum Gasteiger partial charge on any atom is -0.493 e. The Kier molecular flexibility index (Phi) is 8.02. The van der Waals surface area contributed by atoms with Crippen molar-refractivity contribution in [2.45, 2.75) is 58.4 Å². The molecule has 3 fully saturated rings. The first-order valence-corrected chi connectivity index (χ1v) is 12.9. The first-order valence-electron chi connectivity index (χ1n) is 12.9. The van der Waals surface area contributed by atoms with E-state index in [1.54, 1.807) is 14.2 Å². The lowest BCUT2D eigenvalue weighted by Crippen LogP contribution is -2.56. The number of benzene rings is 1. The summed E-state index contributed by atoms with van der Waals surface area (Å²) in [5, 5.41) is 12.1. The van der Waals surface area contributed by atoms with Crippen LogP contribution < -0.4 is 14.8 Å². The Morgan fingerprint density at radius 2 is 1.89 bits per heavy atom. The third-order valence-electron chi connectivity index (χ3n) is 7.60. The average Bonchev–Trinajstić information content (AvgIpc) is 2.85. The number of piperidine rings is 3. The van der Waals surface area contributed by atoms with Crippen LogP contribution in [0.2, 0.25) is 0 Å². The van der Waals surface area contributed by atoms with Gasteiger partial charge >= 0.3 is 5.97 Å². The first kappa shape index (κ1) is 26.9. The molecule has 0 spiro atoms. The summed E-state index contributed by atoms with van der Waals surface area (Å²) in [5.41, 5.74) is 2.32. The predicted molar refractivity (Wildman–Crippen MR) is 140 cm³/mol. The molecule has 9 nitrogen and oxygen atoms in total. The number of nitrogens with zero attached hydrogens (tertiary/aromatic N) is 3. The number of carboxylic acid groups (broad SMARTS) is 1. The molecule has 1 aromatic carbocycles. The fourth-order valence-electron chi connectivity index (χ4n) is 5.81. The van der Waals surface area contributed by atoms with Gasteiger partial charge in [0.25, 0.3) is 0 Å². The lowest BCUT2D eigenvalue weighted by atomic mass is 9.74. The summed E-state index contributed by atoms with van der Waals surface area (Å²) in [6.45, 7) is 8.06. The smallest absolute Gasteiger partial charge is 0.303 e. The van der Waals surface area contributed by atoms with Crippen molar-refractivity contribution in [1.29, 1.82) is 0 Å². The highest BCUT2D eigenvalue weighted by Crippen LogP contribution is 2.42. The monoisotopic (exact) mass is 510 g/mol. The molecule has 1 unspecified atom stereocenters. The second-order valence-electron chi connectivity index (χ2n) is 11.1. The molecular formula is C28H38N4O5. The van der Waals surface area contributed by atoms with Crippen LogP contribution in [0.4, 0.5) is 0 Å². The van der Waals surface area contributed by atoms with E-state index in [2.05, 4.69) is 16.3 Å². The molecule has 0 radical (unpaired) electrons. The second-order valence-corrected chi connectivity index (χ2v) is 11.1. The number of carbonyl (C=O) groups excluding carboxylic acids is 1. The van der Waals surface area contributed by atoms with Crippen molar-refractivity contribution in [2.75, 3.05) is 33.9 Å². The zero-order valence-corrected chi connectivity index (χ0v) is 22.4. The van der Waals surface area contributed by atoms with E-state index >= 15 is 0 Å². The van der Waals surface area contributed by atoms with E-state index in [9.17, 15) is 9.59 Å². The van der Waals surface area contributed by atoms with Crippen LogP contribution in [-0.2, 0) is 9.59 Å². The van der Waals surface area contributed by atoms with Crippen LogP contribution in [0.25, 0.3) is 11.3 Å². The maximum atomic E-state index is 12.5. The number of hydrogen-bond acceptors (Lipinski definition) is 7. The third kappa shape index (κ3) is 6.39. The summed E-state index contributed by atoms with van der Waals surface area (Å²) in [6, 6.07) is 8.20. The number of nitrogens with one attached hydrogen (secondary N) is 1. The number of aliphatic carboxylic acids is 1. The van der Waals surface area contributed by atoms with Crippen molar-refractivity contribution < 1.29 is 24.2 Å². The van der Waals surface area contributed by atoms with Crippen molar-refractivity contribution >= 4 is 11.9 Å². The summed E-state index contributed by atoms with van der Waals surface area (Å²) < 4.78 is 10.9. The third-order valence-corrected chi connectivity index (χ3v) is 7.60. The SMILES string of the molecule is COc1ccc(-c2cc([C@@H]3CN4CC[C@H]3C[C@@H]4CNC(=O)CC(C)(C)CC(=O)O)nc(C)n2)cc1OC. The number of aromatic nitrogens is 2. The van der Waals surface area contributed by atoms with Crippen LogP contribution in [0.3, 0.4) is 0 Å². The number of ether oxygens (including phenoxy) is 2. The standard InChI is InChI=1S/C28H38N4O5/c1-17-30-22(19-6-7-24(36-4)25(11-19)37-5)12-23(31-17)21-16-32-9-8-18(21)10-20(32)15-29-26(33)13-28(2,3)14-27(34)35/h6-7,11-12,18,20-21H,8-10,13-16H2,1-5H3,(H,29,33)(H,34,35)/t18-,20+,21+/m0/s1. The number of fused-ring (bicyclic) bond motifs is 3. The fourth-order valence-corrected chi connectivity index (χ4v) is 5.81. The van der Waals surface area contributed by atoms with E-state index in [4.69, 9.17) is 24.5 Å². The number of carbonyl (C=O) groups is 2. The van der Waals surface area contributed by atoms with Crippen LogP contribution in [0.15, 0.2) is 24.3 Å². The Bertz CT molecular complexity index is 1150. The lowest BCUT2D eigenvalue weighted by Gasteiger charge is -2.49. The van der Waals surface area contributed by atoms with Gasteiger partial charge in [0.2, 0.25) is 5.91 Å². The second kappa shape index (κ2) is 11.0. The number of rotatable bonds is 10. The molecular weight excluding hydrogens is 472 g/mol. The van der Waals surface area contributed by atoms with Crippen molar-refractivity contribution in [3.8, 4) is 22.8 Å². The quantitative estimate of drug-likeness (QED) is 0.498. The molecule has 3 aliphatic heterocycles. The summed E-state index contributed by atoms with van der Waals surface area (Å²) in [6.07, 6.45) is 2.29. The molecule has 0 saturated carbocycles. The number of methoxy groups -OCH3 is 2. The molecule has 2 N–H and O–H groups in total. The van der Waals surface area contributed by atoms with Gasteiger partial charge in [-0.15, -0.1) is 0 Å². The van der Waals surface area contributed by atoms with Gasteiger partial charge in [0.1, 0.15) is 5.82 Å². The first-order chi connectivity index (χ1) is 17.6. The van der Waals surface area contributed by atoms with Gasteiger partial charge in [-0.25, -0.2) is 9.97 Å². The van der Waals surface area contributed by atoms with Crippen LogP contribution in [0, 0.1) is 18.3 Å². The minimum absolute atomic E-state index is 0.0244. The van der Waals surface area contributed by atoms with E-state index in [-0.39, 0.29) is 24.8 Å². The van der Waals surface area contributed by atoms with Gasteiger partial charge in [-0.2, -0.15) is 0 Å². The largest absolute Gasteiger partial charge is 0.493 e. The molecule has 3 aliphatic rings. The maximum Gasteiger partial charge on any atom is 0.303 e. The van der Waals surface area contributed by atoms with Gasteiger partial charge < -0.3 is 19.9 Å². The molecule has 5 rings (SSSR count). The zero-order chi connectivity index (χ0) is 26.7. The maximum absolute atomic E-state index is 12.5. The Morgan fingerprint density at radius 3 is 2.54 bits per heavy atom. The van der Waals surface area contributed by atoms with Crippen LogP contribution in [-0.4, -0.2) is 71.7 Å². The van der Waals surface area contributed by atoms with Gasteiger partial charge in [-0.05, 0) is 61.9 Å². The highest BCUT2D eigenvalue weighted by atomic mass is 16.5. The average molecular weight is 511 g/mol. The van der Waals surface area contributed by atoms with E-state index in [0.29, 0.717) is 29.9 Å². The number of aryl methyl sites for hydroxylation is 1. The van der Waals surface area contributed by atoms with Gasteiger partial charge in [-0.1, -0.05) is 13.8 Å². The van der Waals surface area contributed by atoms with Crippen LogP contribution >= 0.6 is 0 Å². The molecule has 2 aromatic rings. The highest BCUT2D eigenvalue weighted by molar-refractivity contribution is 5.78. The van der Waals surface area contributed by atoms with Gasteiger partial charge in [0.05, 0.1) is 26.3 Å². The molecule has 37 heavy (non-hydrogen) atoms. The van der Waals surface area contributed by atoms with Crippen LogP contribution in [0.1, 0.15) is 57.0 Å². The van der Waals surface area contributed by atoms with Crippen LogP contribution in [0.5, 0.6) is 11.5 Å². The van der Waals surface area contributed by atoms with Gasteiger partial charge in [0, 0.05) is 42.7 Å². The molecule has 0 aliphatic carbocycles. The minimum atomic E-state index is -0.881. The normalized spacial score (nSPS) is 22.9. The van der Waals surface area contributed by atoms with Crippen molar-refractivity contribution in [2.24, 2.45) is 11.3 Å². The van der Waals surface area contributed by atoms with Crippen molar-refractivity contribution in [3.05, 3.63) is 35.8 Å². The number of hydrogen-bond donors (Lipinski definition) is 2. The van der Waals surface area contributed by atoms with Crippen molar-refractivity contribution in [3.63, 3.8) is 0 Å². The van der Waals surface area contributed by atoms with E-state index < -0.39 is 11.4 Å². The Hall–Kier alpha value is -3.20. The zero-order valence-electron chi connectivity index (χ0n) is 22.4. The summed E-state index contributed by atoms with van der Waals surface area (Å²) in [5.74, 6) is 1.92. The molecule has 1 aromatic heterocycles. The summed E-state index contributed by atoms with van der Waals surface area (Å²) in [7, 11) is 3.25. The topological polar surface area (TPSA) is 114 Å². The molecule has 2 bridgehead atoms. The van der Waals surface area contributed by atoms with E-state index in [1.807, 2.05) is 39.0 Å². The Morgan fingerprint density at radius 1 is 1.14 bits per heavy atom. The molecule has 200 valence electrons. The Balaban J connectivity index is 1.43. The molecule has 4 heterocycles. The van der Waals surface area contributed by atoms with Gasteiger partial charge in [-0.3, -0.25) is 14.5 Å². The van der Waals surface area contributed by atoms with E-state index in [1.165, 1.54) is 0 Å². The molecule has 4 atom stereocenters. The fraction of sp³-hybridized carbons (Fsp3) is 0.571. The molecule has 1 amide bonds. The number of amides is 1. The van der Waals surface area contributed by atoms with Crippen molar-refractivity contribution in [1.82, 2.24) is 20.2 Å². The Labute approximate surface area is 218 Å². The molecule has 9 heteroatoms. The van der Waals surface area contributed by atoms with E-state index in [0.717, 1.165) is 48.7 Å². The number of carboxylic acids is 1.